The second kappa shape index (κ2) is 10.1. The number of hydrogen-bond acceptors (Lipinski definition) is 5. The highest BCUT2D eigenvalue weighted by Crippen LogP contribution is 2.36. The number of fused-ring (bicyclic) bond motifs is 1. The molecule has 3 aromatic carbocycles. The van der Waals surface area contributed by atoms with Gasteiger partial charge in [0.2, 0.25) is 0 Å². The van der Waals surface area contributed by atoms with Crippen molar-refractivity contribution in [2.75, 3.05) is 0 Å². The van der Waals surface area contributed by atoms with Crippen molar-refractivity contribution >= 4 is 39.3 Å². The number of carboxylic acids is 1. The van der Waals surface area contributed by atoms with Crippen molar-refractivity contribution in [3.8, 4) is 16.3 Å². The van der Waals surface area contributed by atoms with Gasteiger partial charge < -0.3 is 9.84 Å². The van der Waals surface area contributed by atoms with Gasteiger partial charge in [-0.2, -0.15) is 13.2 Å². The maximum atomic E-state index is 12.8. The summed E-state index contributed by atoms with van der Waals surface area (Å²) in [6, 6.07) is 18.2. The number of carboxylic acid groups (broad SMARTS) is 1. The molecule has 0 radical (unpaired) electrons. The molecule has 1 aromatic heterocycles. The van der Waals surface area contributed by atoms with Gasteiger partial charge >= 0.3 is 12.1 Å². The highest BCUT2D eigenvalue weighted by Gasteiger charge is 2.30. The number of aromatic nitrogens is 1. The van der Waals surface area contributed by atoms with Gasteiger partial charge in [0, 0.05) is 16.2 Å². The van der Waals surface area contributed by atoms with Crippen LogP contribution in [0.15, 0.2) is 71.6 Å². The van der Waals surface area contributed by atoms with Crippen molar-refractivity contribution in [3.05, 3.63) is 77.9 Å². The fraction of sp³-hybridized carbons (Fsp3) is 0.200. The van der Waals surface area contributed by atoms with Gasteiger partial charge in [-0.15, -0.1) is 23.1 Å². The van der Waals surface area contributed by atoms with Gasteiger partial charge in [0.15, 0.2) is 6.10 Å². The van der Waals surface area contributed by atoms with E-state index in [9.17, 15) is 18.0 Å². The van der Waals surface area contributed by atoms with Gasteiger partial charge in [-0.3, -0.25) is 0 Å². The molecule has 0 spiro atoms. The second-order valence-electron chi connectivity index (χ2n) is 7.47. The summed E-state index contributed by atoms with van der Waals surface area (Å²) in [6.07, 6.45) is -4.87. The first-order valence-corrected chi connectivity index (χ1v) is 12.2. The molecular formula is C25H20F3NO3S2. The fourth-order valence-electron chi connectivity index (χ4n) is 3.29. The molecule has 1 atom stereocenters. The summed E-state index contributed by atoms with van der Waals surface area (Å²) < 4.78 is 45.0. The van der Waals surface area contributed by atoms with Gasteiger partial charge in [0.1, 0.15) is 10.8 Å². The van der Waals surface area contributed by atoms with Crippen LogP contribution in [0.4, 0.5) is 13.2 Å². The zero-order chi connectivity index (χ0) is 24.3. The number of alkyl halides is 3. The molecule has 1 unspecified atom stereocenters. The van der Waals surface area contributed by atoms with Gasteiger partial charge in [-0.05, 0) is 54.4 Å². The van der Waals surface area contributed by atoms with Crippen molar-refractivity contribution in [1.82, 2.24) is 4.98 Å². The van der Waals surface area contributed by atoms with Crippen molar-refractivity contribution in [2.45, 2.75) is 36.3 Å². The van der Waals surface area contributed by atoms with E-state index in [1.165, 1.54) is 23.5 Å². The minimum absolute atomic E-state index is 0.374. The predicted molar refractivity (Wildman–Crippen MR) is 128 cm³/mol. The van der Waals surface area contributed by atoms with Crippen molar-refractivity contribution in [1.29, 1.82) is 0 Å². The van der Waals surface area contributed by atoms with E-state index in [4.69, 9.17) is 9.84 Å². The second-order valence-corrected chi connectivity index (χ2v) is 9.52. The molecule has 34 heavy (non-hydrogen) atoms. The maximum Gasteiger partial charge on any atom is 0.416 e. The molecule has 0 saturated carbocycles. The van der Waals surface area contributed by atoms with E-state index in [1.54, 1.807) is 30.8 Å². The van der Waals surface area contributed by atoms with Crippen LogP contribution in [0.25, 0.3) is 20.8 Å². The zero-order valence-electron chi connectivity index (χ0n) is 18.0. The number of thiazole rings is 1. The summed E-state index contributed by atoms with van der Waals surface area (Å²) in [5, 5.41) is 9.80. The van der Waals surface area contributed by atoms with Crippen LogP contribution in [-0.4, -0.2) is 22.2 Å². The third-order valence-electron chi connectivity index (χ3n) is 5.10. The summed E-state index contributed by atoms with van der Waals surface area (Å²) in [6.45, 7) is 1.76. The largest absolute Gasteiger partial charge is 0.479 e. The third kappa shape index (κ3) is 5.53. The molecule has 0 amide bonds. The fourth-order valence-corrected chi connectivity index (χ4v) is 5.36. The number of ether oxygens (including phenoxy) is 1. The van der Waals surface area contributed by atoms with Crippen LogP contribution in [0.2, 0.25) is 0 Å². The first-order chi connectivity index (χ1) is 16.2. The highest BCUT2D eigenvalue weighted by atomic mass is 32.2. The highest BCUT2D eigenvalue weighted by molar-refractivity contribution is 7.98. The molecule has 0 aliphatic rings. The van der Waals surface area contributed by atoms with Crippen LogP contribution in [0, 0.1) is 0 Å². The Hall–Kier alpha value is -3.04. The number of benzene rings is 3. The Labute approximate surface area is 202 Å². The van der Waals surface area contributed by atoms with Crippen molar-refractivity contribution < 1.29 is 27.8 Å². The molecule has 176 valence electrons. The van der Waals surface area contributed by atoms with E-state index in [0.717, 1.165) is 32.8 Å². The van der Waals surface area contributed by atoms with Gasteiger partial charge in [-0.25, -0.2) is 9.78 Å². The van der Waals surface area contributed by atoms with E-state index in [1.807, 2.05) is 30.3 Å². The Morgan fingerprint density at radius 2 is 1.79 bits per heavy atom. The number of carbonyl (C=O) groups is 1. The number of halogens is 3. The Morgan fingerprint density at radius 3 is 2.41 bits per heavy atom. The molecule has 0 fully saturated rings. The number of thioether (sulfide) groups is 1. The normalized spacial score (nSPS) is 12.6. The summed E-state index contributed by atoms with van der Waals surface area (Å²) in [4.78, 5) is 16.8. The van der Waals surface area contributed by atoms with E-state index in [2.05, 4.69) is 4.98 Å². The van der Waals surface area contributed by atoms with E-state index >= 15 is 0 Å². The maximum absolute atomic E-state index is 12.8. The predicted octanol–water partition coefficient (Wildman–Crippen LogP) is 7.52. The average Bonchev–Trinajstić information content (AvgIpc) is 3.26. The molecule has 4 nitrogen and oxygen atoms in total. The molecule has 0 aliphatic carbocycles. The lowest BCUT2D eigenvalue weighted by Gasteiger charge is -2.13. The van der Waals surface area contributed by atoms with E-state index in [0.29, 0.717) is 28.5 Å². The van der Waals surface area contributed by atoms with Gasteiger partial charge in [0.05, 0.1) is 15.8 Å². The Bertz CT molecular complexity index is 1290. The Kier molecular flexibility index (Phi) is 7.13. The lowest BCUT2D eigenvalue weighted by atomic mass is 10.1. The lowest BCUT2D eigenvalue weighted by Crippen LogP contribution is -2.25. The summed E-state index contributed by atoms with van der Waals surface area (Å²) in [5.74, 6) is 0.192. The Morgan fingerprint density at radius 1 is 1.09 bits per heavy atom. The lowest BCUT2D eigenvalue weighted by molar-refractivity contribution is -0.145. The van der Waals surface area contributed by atoms with E-state index in [-0.39, 0.29) is 0 Å². The van der Waals surface area contributed by atoms with Crippen molar-refractivity contribution in [2.24, 2.45) is 0 Å². The number of aliphatic carboxylic acids is 1. The molecule has 4 rings (SSSR count). The van der Waals surface area contributed by atoms with Crippen LogP contribution in [0.1, 0.15) is 24.5 Å². The van der Waals surface area contributed by atoms with Crippen LogP contribution < -0.4 is 4.74 Å². The van der Waals surface area contributed by atoms with Gasteiger partial charge in [0.25, 0.3) is 0 Å². The first kappa shape index (κ1) is 24.1. The number of nitrogens with zero attached hydrogens (tertiary/aromatic N) is 1. The smallest absolute Gasteiger partial charge is 0.416 e. The third-order valence-corrected chi connectivity index (χ3v) is 7.35. The summed E-state index contributed by atoms with van der Waals surface area (Å²) >= 11 is 3.08. The molecular weight excluding hydrogens is 483 g/mol. The van der Waals surface area contributed by atoms with Crippen LogP contribution in [-0.2, 0) is 16.7 Å². The minimum Gasteiger partial charge on any atom is -0.479 e. The zero-order valence-corrected chi connectivity index (χ0v) is 19.6. The molecule has 0 bridgehead atoms. The van der Waals surface area contributed by atoms with Crippen molar-refractivity contribution in [3.63, 3.8) is 0 Å². The first-order valence-electron chi connectivity index (χ1n) is 10.4. The minimum atomic E-state index is -4.37. The molecule has 0 aliphatic heterocycles. The number of hydrogen-bond donors (Lipinski definition) is 1. The SMILES string of the molecule is CCC(Oc1ccc(SCc2cccc3nc(-c4ccc(C(F)(F)F)cc4)sc23)cc1)C(=O)O. The standard InChI is InChI=1S/C25H20F3NO3S2/c1-2-21(24(30)31)32-18-10-12-19(13-11-18)33-14-16-4-3-5-20-22(16)34-23(29-20)15-6-8-17(9-7-15)25(26,27)28/h3-13,21H,2,14H2,1H3,(H,30,31). The van der Waals surface area contributed by atoms with Crippen LogP contribution >= 0.6 is 23.1 Å². The topological polar surface area (TPSA) is 59.4 Å². The van der Waals surface area contributed by atoms with Crippen LogP contribution in [0.3, 0.4) is 0 Å². The monoisotopic (exact) mass is 503 g/mol. The summed E-state index contributed by atoms with van der Waals surface area (Å²) in [7, 11) is 0. The van der Waals surface area contributed by atoms with Crippen LogP contribution in [0.5, 0.6) is 5.75 Å². The number of rotatable bonds is 8. The molecule has 4 aromatic rings. The van der Waals surface area contributed by atoms with E-state index < -0.39 is 23.8 Å². The Balaban J connectivity index is 1.48. The summed E-state index contributed by atoms with van der Waals surface area (Å²) in [5.41, 5.74) is 1.85. The molecule has 1 heterocycles. The molecule has 9 heteroatoms. The van der Waals surface area contributed by atoms with Gasteiger partial charge in [-0.1, -0.05) is 31.2 Å². The quantitative estimate of drug-likeness (QED) is 0.252. The molecule has 1 N–H and O–H groups in total. The molecule has 0 saturated heterocycles. The average molecular weight is 504 g/mol.